The monoisotopic (exact) mass is 300 g/mol. The van der Waals surface area contributed by atoms with Crippen LogP contribution in [-0.2, 0) is 0 Å². The maximum absolute atomic E-state index is 12.4. The van der Waals surface area contributed by atoms with Gasteiger partial charge >= 0.3 is 0 Å². The highest BCUT2D eigenvalue weighted by molar-refractivity contribution is 7.13. The van der Waals surface area contributed by atoms with Crippen LogP contribution in [0.2, 0.25) is 0 Å². The molecule has 106 valence electrons. The lowest BCUT2D eigenvalue weighted by Gasteiger charge is -2.04. The number of carbonyl (C=O) groups is 1. The Hall–Kier alpha value is -2.54. The van der Waals surface area contributed by atoms with Gasteiger partial charge in [0.15, 0.2) is 5.13 Å². The highest BCUT2D eigenvalue weighted by atomic mass is 32.1. The standard InChI is InChI=1S/C14H12N4O2S/c1-8-3-4-11-15-5-10(13(20)18(11)6-8)12(19)17-14-16-9(2)7-21-14/h3-7H,1-2H3,(H,16,17,19). The molecule has 0 atom stereocenters. The summed E-state index contributed by atoms with van der Waals surface area (Å²) in [5.41, 5.74) is 1.84. The van der Waals surface area contributed by atoms with Gasteiger partial charge in [0.1, 0.15) is 11.2 Å². The number of hydrogen-bond donors (Lipinski definition) is 1. The summed E-state index contributed by atoms with van der Waals surface area (Å²) in [6, 6.07) is 3.60. The lowest BCUT2D eigenvalue weighted by molar-refractivity contribution is 0.102. The van der Waals surface area contributed by atoms with E-state index in [2.05, 4.69) is 15.3 Å². The molecule has 3 heterocycles. The second kappa shape index (κ2) is 5.10. The van der Waals surface area contributed by atoms with Crippen LogP contribution in [0.3, 0.4) is 0 Å². The number of carbonyl (C=O) groups excluding carboxylic acids is 1. The van der Waals surface area contributed by atoms with Crippen LogP contribution in [0.25, 0.3) is 5.65 Å². The minimum atomic E-state index is -0.502. The summed E-state index contributed by atoms with van der Waals surface area (Å²) in [4.78, 5) is 32.8. The molecule has 0 saturated carbocycles. The zero-order valence-corrected chi connectivity index (χ0v) is 12.3. The van der Waals surface area contributed by atoms with Gasteiger partial charge in [-0.1, -0.05) is 6.07 Å². The zero-order valence-electron chi connectivity index (χ0n) is 11.5. The molecule has 3 aromatic heterocycles. The molecule has 0 aliphatic carbocycles. The van der Waals surface area contributed by atoms with E-state index in [-0.39, 0.29) is 5.56 Å². The van der Waals surface area contributed by atoms with Gasteiger partial charge in [-0.15, -0.1) is 11.3 Å². The summed E-state index contributed by atoms with van der Waals surface area (Å²) in [6.45, 7) is 3.71. The van der Waals surface area contributed by atoms with E-state index in [0.717, 1.165) is 11.3 Å². The van der Waals surface area contributed by atoms with Crippen LogP contribution in [-0.4, -0.2) is 20.3 Å². The topological polar surface area (TPSA) is 76.4 Å². The summed E-state index contributed by atoms with van der Waals surface area (Å²) in [5.74, 6) is -0.502. The summed E-state index contributed by atoms with van der Waals surface area (Å²) in [7, 11) is 0. The fraction of sp³-hybridized carbons (Fsp3) is 0.143. The number of thiazole rings is 1. The van der Waals surface area contributed by atoms with Crippen LogP contribution in [0.5, 0.6) is 0 Å². The van der Waals surface area contributed by atoms with Crippen molar-refractivity contribution in [3.63, 3.8) is 0 Å². The molecule has 0 bridgehead atoms. The molecule has 0 unspecified atom stereocenters. The third kappa shape index (κ3) is 2.55. The lowest BCUT2D eigenvalue weighted by atomic mass is 10.3. The van der Waals surface area contributed by atoms with Crippen LogP contribution >= 0.6 is 11.3 Å². The van der Waals surface area contributed by atoms with E-state index in [1.165, 1.54) is 21.9 Å². The SMILES string of the molecule is Cc1ccc2ncc(C(=O)Nc3nc(C)cs3)c(=O)n2c1. The molecule has 0 radical (unpaired) electrons. The van der Waals surface area contributed by atoms with Gasteiger partial charge in [0.05, 0.1) is 5.69 Å². The molecule has 1 amide bonds. The summed E-state index contributed by atoms with van der Waals surface area (Å²) in [5, 5.41) is 4.90. The smallest absolute Gasteiger partial charge is 0.270 e. The Balaban J connectivity index is 2.02. The molecular weight excluding hydrogens is 288 g/mol. The summed E-state index contributed by atoms with van der Waals surface area (Å²) < 4.78 is 1.37. The van der Waals surface area contributed by atoms with E-state index in [1.54, 1.807) is 12.3 Å². The number of nitrogens with zero attached hydrogens (tertiary/aromatic N) is 3. The van der Waals surface area contributed by atoms with E-state index in [0.29, 0.717) is 10.8 Å². The summed E-state index contributed by atoms with van der Waals surface area (Å²) in [6.07, 6.45) is 2.96. The van der Waals surface area contributed by atoms with Gasteiger partial charge in [0, 0.05) is 17.8 Å². The molecule has 0 spiro atoms. The van der Waals surface area contributed by atoms with Crippen molar-refractivity contribution in [1.82, 2.24) is 14.4 Å². The fourth-order valence-electron chi connectivity index (χ4n) is 1.91. The first-order valence-electron chi connectivity index (χ1n) is 6.26. The fourth-order valence-corrected chi connectivity index (χ4v) is 2.60. The Morgan fingerprint density at radius 1 is 1.33 bits per heavy atom. The lowest BCUT2D eigenvalue weighted by Crippen LogP contribution is -2.26. The maximum atomic E-state index is 12.4. The number of pyridine rings is 1. The van der Waals surface area contributed by atoms with Crippen molar-refractivity contribution in [2.45, 2.75) is 13.8 Å². The second-order valence-electron chi connectivity index (χ2n) is 4.66. The minimum Gasteiger partial charge on any atom is -0.298 e. The molecule has 0 aliphatic heterocycles. The van der Waals surface area contributed by atoms with E-state index >= 15 is 0 Å². The number of anilines is 1. The van der Waals surface area contributed by atoms with Crippen LogP contribution in [0.1, 0.15) is 21.6 Å². The van der Waals surface area contributed by atoms with Crippen molar-refractivity contribution in [2.24, 2.45) is 0 Å². The summed E-state index contributed by atoms with van der Waals surface area (Å²) >= 11 is 1.31. The normalized spacial score (nSPS) is 10.8. The van der Waals surface area contributed by atoms with Crippen LogP contribution < -0.4 is 10.9 Å². The number of aryl methyl sites for hydroxylation is 2. The van der Waals surface area contributed by atoms with E-state index in [1.807, 2.05) is 25.3 Å². The Labute approximate surface area is 124 Å². The van der Waals surface area contributed by atoms with Crippen molar-refractivity contribution in [3.8, 4) is 0 Å². The molecule has 21 heavy (non-hydrogen) atoms. The Morgan fingerprint density at radius 2 is 2.14 bits per heavy atom. The predicted molar refractivity (Wildman–Crippen MR) is 81.0 cm³/mol. The molecule has 0 aliphatic rings. The third-order valence-corrected chi connectivity index (χ3v) is 3.81. The Bertz CT molecular complexity index is 897. The van der Waals surface area contributed by atoms with Gasteiger partial charge in [0.2, 0.25) is 0 Å². The Morgan fingerprint density at radius 3 is 2.86 bits per heavy atom. The van der Waals surface area contributed by atoms with Gasteiger partial charge in [-0.3, -0.25) is 19.3 Å². The maximum Gasteiger partial charge on any atom is 0.270 e. The molecular formula is C14H12N4O2S. The van der Waals surface area contributed by atoms with E-state index < -0.39 is 11.5 Å². The predicted octanol–water partition coefficient (Wildman–Crippen LogP) is 2.02. The highest BCUT2D eigenvalue weighted by Crippen LogP contribution is 2.15. The average molecular weight is 300 g/mol. The first-order valence-corrected chi connectivity index (χ1v) is 7.14. The second-order valence-corrected chi connectivity index (χ2v) is 5.52. The van der Waals surface area contributed by atoms with E-state index in [9.17, 15) is 9.59 Å². The molecule has 1 N–H and O–H groups in total. The van der Waals surface area contributed by atoms with Gasteiger partial charge < -0.3 is 0 Å². The number of aromatic nitrogens is 3. The number of amides is 1. The average Bonchev–Trinajstić information content (AvgIpc) is 2.85. The zero-order chi connectivity index (χ0) is 15.0. The number of hydrogen-bond acceptors (Lipinski definition) is 5. The van der Waals surface area contributed by atoms with Crippen molar-refractivity contribution in [1.29, 1.82) is 0 Å². The van der Waals surface area contributed by atoms with Gasteiger partial charge in [-0.2, -0.15) is 0 Å². The van der Waals surface area contributed by atoms with Crippen LogP contribution in [0.4, 0.5) is 5.13 Å². The largest absolute Gasteiger partial charge is 0.298 e. The quantitative estimate of drug-likeness (QED) is 0.785. The molecule has 7 heteroatoms. The molecule has 0 saturated heterocycles. The van der Waals surface area contributed by atoms with Crippen LogP contribution in [0, 0.1) is 13.8 Å². The van der Waals surface area contributed by atoms with E-state index in [4.69, 9.17) is 0 Å². The third-order valence-electron chi connectivity index (χ3n) is 2.93. The van der Waals surface area contributed by atoms with Gasteiger partial charge in [-0.25, -0.2) is 9.97 Å². The number of rotatable bonds is 2. The first-order chi connectivity index (χ1) is 10.0. The Kier molecular flexibility index (Phi) is 3.26. The highest BCUT2D eigenvalue weighted by Gasteiger charge is 2.14. The van der Waals surface area contributed by atoms with Gasteiger partial charge in [0.25, 0.3) is 11.5 Å². The minimum absolute atomic E-state index is 0.00838. The number of nitrogens with one attached hydrogen (secondary N) is 1. The molecule has 6 nitrogen and oxygen atoms in total. The number of fused-ring (bicyclic) bond motifs is 1. The van der Waals surface area contributed by atoms with Crippen molar-refractivity contribution in [2.75, 3.05) is 5.32 Å². The molecule has 3 aromatic rings. The van der Waals surface area contributed by atoms with Crippen molar-refractivity contribution >= 4 is 28.0 Å². The van der Waals surface area contributed by atoms with Crippen molar-refractivity contribution < 1.29 is 4.79 Å². The van der Waals surface area contributed by atoms with Crippen LogP contribution in [0.15, 0.2) is 34.7 Å². The first kappa shape index (κ1) is 13.4. The molecule has 3 rings (SSSR count). The molecule has 0 fully saturated rings. The molecule has 0 aromatic carbocycles. The van der Waals surface area contributed by atoms with Crippen molar-refractivity contribution in [3.05, 3.63) is 57.1 Å². The van der Waals surface area contributed by atoms with Gasteiger partial charge in [-0.05, 0) is 25.5 Å².